The molecule has 3 rings (SSSR count). The van der Waals surface area contributed by atoms with Gasteiger partial charge in [0.1, 0.15) is 0 Å². The van der Waals surface area contributed by atoms with Crippen molar-refractivity contribution in [1.82, 2.24) is 29.9 Å². The summed E-state index contributed by atoms with van der Waals surface area (Å²) in [6, 6.07) is 1.85. The van der Waals surface area contributed by atoms with Crippen LogP contribution in [0.15, 0.2) is 6.07 Å². The fourth-order valence-electron chi connectivity index (χ4n) is 3.50. The highest BCUT2D eigenvalue weighted by atomic mass is 16.1. The average molecular weight is 344 g/mol. The summed E-state index contributed by atoms with van der Waals surface area (Å²) in [4.78, 5) is 22.1. The highest BCUT2D eigenvalue weighted by molar-refractivity contribution is 6.06. The summed E-state index contributed by atoms with van der Waals surface area (Å²) in [6.45, 7) is 13.1. The summed E-state index contributed by atoms with van der Waals surface area (Å²) in [6.07, 6.45) is 0. The first-order valence-electron chi connectivity index (χ1n) is 9.03. The van der Waals surface area contributed by atoms with Crippen LogP contribution in [0.4, 0.5) is 0 Å². The summed E-state index contributed by atoms with van der Waals surface area (Å²) >= 11 is 0. The number of carbonyl (C=O) groups excluding carboxylic acids is 1. The van der Waals surface area contributed by atoms with Crippen LogP contribution in [0.5, 0.6) is 0 Å². The molecular weight excluding hydrogens is 316 g/mol. The molecule has 0 atom stereocenters. The highest BCUT2D eigenvalue weighted by Crippen LogP contribution is 2.21. The Bertz CT molecular complexity index is 761. The molecule has 3 heterocycles. The zero-order valence-electron chi connectivity index (χ0n) is 15.7. The highest BCUT2D eigenvalue weighted by Gasteiger charge is 2.18. The number of pyridine rings is 1. The molecule has 7 nitrogen and oxygen atoms in total. The molecular formula is C18H28N6O. The van der Waals surface area contributed by atoms with Crippen LogP contribution in [-0.2, 0) is 7.05 Å². The SMILES string of the molecule is CCN1CCN(CCNC(=O)c2cc(C)nc3c2c(C)nn3C)CC1. The first-order valence-corrected chi connectivity index (χ1v) is 9.03. The second kappa shape index (κ2) is 7.49. The molecule has 0 unspecified atom stereocenters. The second-order valence-corrected chi connectivity index (χ2v) is 6.75. The molecule has 0 aliphatic carbocycles. The van der Waals surface area contributed by atoms with Crippen LogP contribution in [0.2, 0.25) is 0 Å². The van der Waals surface area contributed by atoms with Crippen LogP contribution in [0.3, 0.4) is 0 Å². The summed E-state index contributed by atoms with van der Waals surface area (Å²) < 4.78 is 1.74. The van der Waals surface area contributed by atoms with Crippen molar-refractivity contribution in [2.75, 3.05) is 45.8 Å². The van der Waals surface area contributed by atoms with Gasteiger partial charge in [-0.1, -0.05) is 6.92 Å². The van der Waals surface area contributed by atoms with Crippen LogP contribution >= 0.6 is 0 Å². The van der Waals surface area contributed by atoms with E-state index in [1.54, 1.807) is 4.68 Å². The van der Waals surface area contributed by atoms with E-state index in [0.717, 1.165) is 61.7 Å². The van der Waals surface area contributed by atoms with Crippen LogP contribution in [0.1, 0.15) is 28.7 Å². The lowest BCUT2D eigenvalue weighted by Crippen LogP contribution is -2.48. The van der Waals surface area contributed by atoms with E-state index in [0.29, 0.717) is 12.1 Å². The molecule has 0 spiro atoms. The van der Waals surface area contributed by atoms with Gasteiger partial charge >= 0.3 is 0 Å². The monoisotopic (exact) mass is 344 g/mol. The van der Waals surface area contributed by atoms with Crippen LogP contribution in [0.25, 0.3) is 11.0 Å². The van der Waals surface area contributed by atoms with Gasteiger partial charge in [-0.05, 0) is 26.5 Å². The van der Waals surface area contributed by atoms with Crippen molar-refractivity contribution < 1.29 is 4.79 Å². The van der Waals surface area contributed by atoms with E-state index in [4.69, 9.17) is 0 Å². The van der Waals surface area contributed by atoms with Gasteiger partial charge in [-0.3, -0.25) is 14.4 Å². The lowest BCUT2D eigenvalue weighted by Gasteiger charge is -2.33. The Labute approximate surface area is 149 Å². The van der Waals surface area contributed by atoms with E-state index in [-0.39, 0.29) is 5.91 Å². The molecule has 136 valence electrons. The van der Waals surface area contributed by atoms with Gasteiger partial charge in [0.05, 0.1) is 16.6 Å². The molecule has 1 saturated heterocycles. The molecule has 0 aromatic carbocycles. The first-order chi connectivity index (χ1) is 12.0. The zero-order chi connectivity index (χ0) is 18.0. The van der Waals surface area contributed by atoms with Crippen molar-refractivity contribution in [3.05, 3.63) is 23.0 Å². The number of aromatic nitrogens is 3. The predicted molar refractivity (Wildman–Crippen MR) is 98.9 cm³/mol. The Hall–Kier alpha value is -1.99. The Morgan fingerprint density at radius 2 is 1.88 bits per heavy atom. The number of nitrogens with zero attached hydrogens (tertiary/aromatic N) is 5. The third kappa shape index (κ3) is 3.82. The molecule has 7 heteroatoms. The Balaban J connectivity index is 1.63. The Kier molecular flexibility index (Phi) is 5.34. The van der Waals surface area contributed by atoms with Crippen molar-refractivity contribution in [2.45, 2.75) is 20.8 Å². The number of hydrogen-bond donors (Lipinski definition) is 1. The molecule has 2 aromatic heterocycles. The van der Waals surface area contributed by atoms with Gasteiger partial charge in [-0.25, -0.2) is 4.98 Å². The lowest BCUT2D eigenvalue weighted by atomic mass is 10.1. The molecule has 1 fully saturated rings. The lowest BCUT2D eigenvalue weighted by molar-refractivity contribution is 0.0939. The number of nitrogens with one attached hydrogen (secondary N) is 1. The molecule has 1 amide bonds. The summed E-state index contributed by atoms with van der Waals surface area (Å²) in [7, 11) is 1.86. The quantitative estimate of drug-likeness (QED) is 0.875. The minimum atomic E-state index is -0.0428. The van der Waals surface area contributed by atoms with Gasteiger partial charge in [0, 0.05) is 52.0 Å². The minimum Gasteiger partial charge on any atom is -0.351 e. The van der Waals surface area contributed by atoms with E-state index in [9.17, 15) is 4.79 Å². The number of carbonyl (C=O) groups is 1. The van der Waals surface area contributed by atoms with Crippen molar-refractivity contribution in [2.24, 2.45) is 7.05 Å². The van der Waals surface area contributed by atoms with Crippen molar-refractivity contribution >= 4 is 16.9 Å². The van der Waals surface area contributed by atoms with Gasteiger partial charge in [-0.15, -0.1) is 0 Å². The van der Waals surface area contributed by atoms with E-state index >= 15 is 0 Å². The van der Waals surface area contributed by atoms with Crippen LogP contribution < -0.4 is 5.32 Å². The average Bonchev–Trinajstić information content (AvgIpc) is 2.88. The largest absolute Gasteiger partial charge is 0.351 e. The topological polar surface area (TPSA) is 66.3 Å². The molecule has 0 radical (unpaired) electrons. The number of piperazine rings is 1. The molecule has 2 aromatic rings. The fourth-order valence-corrected chi connectivity index (χ4v) is 3.50. The molecule has 0 saturated carbocycles. The Morgan fingerprint density at radius 3 is 2.56 bits per heavy atom. The van der Waals surface area contributed by atoms with E-state index in [1.807, 2.05) is 27.0 Å². The first kappa shape index (κ1) is 17.8. The van der Waals surface area contributed by atoms with Gasteiger partial charge in [-0.2, -0.15) is 5.10 Å². The number of aryl methyl sites for hydroxylation is 3. The van der Waals surface area contributed by atoms with E-state index in [1.165, 1.54) is 0 Å². The number of fused-ring (bicyclic) bond motifs is 1. The number of rotatable bonds is 5. The summed E-state index contributed by atoms with van der Waals surface area (Å²) in [5.74, 6) is -0.0428. The van der Waals surface area contributed by atoms with Crippen molar-refractivity contribution in [3.63, 3.8) is 0 Å². The van der Waals surface area contributed by atoms with Crippen molar-refractivity contribution in [3.8, 4) is 0 Å². The third-order valence-electron chi connectivity index (χ3n) is 4.97. The zero-order valence-corrected chi connectivity index (χ0v) is 15.7. The summed E-state index contributed by atoms with van der Waals surface area (Å²) in [5.41, 5.74) is 3.10. The fraction of sp³-hybridized carbons (Fsp3) is 0.611. The molecule has 1 aliphatic heterocycles. The van der Waals surface area contributed by atoms with Gasteiger partial charge in [0.25, 0.3) is 5.91 Å². The standard InChI is InChI=1S/C18H28N6O/c1-5-23-8-10-24(11-9-23)7-6-19-18(25)15-12-13(2)20-17-16(15)14(3)21-22(17)4/h12H,5-11H2,1-4H3,(H,19,25). The molecule has 1 aliphatic rings. The maximum absolute atomic E-state index is 12.7. The van der Waals surface area contributed by atoms with Gasteiger partial charge in [0.2, 0.25) is 0 Å². The maximum atomic E-state index is 12.7. The molecule has 0 bridgehead atoms. The number of likely N-dealkylation sites (N-methyl/N-ethyl adjacent to an activating group) is 1. The molecule has 25 heavy (non-hydrogen) atoms. The molecule has 1 N–H and O–H groups in total. The third-order valence-corrected chi connectivity index (χ3v) is 4.97. The Morgan fingerprint density at radius 1 is 1.20 bits per heavy atom. The summed E-state index contributed by atoms with van der Waals surface area (Å²) in [5, 5.41) is 8.32. The van der Waals surface area contributed by atoms with Gasteiger partial charge < -0.3 is 10.2 Å². The van der Waals surface area contributed by atoms with E-state index in [2.05, 4.69) is 32.1 Å². The van der Waals surface area contributed by atoms with Crippen LogP contribution in [0, 0.1) is 13.8 Å². The second-order valence-electron chi connectivity index (χ2n) is 6.75. The van der Waals surface area contributed by atoms with Crippen molar-refractivity contribution in [1.29, 1.82) is 0 Å². The van der Waals surface area contributed by atoms with E-state index < -0.39 is 0 Å². The number of hydrogen-bond acceptors (Lipinski definition) is 5. The predicted octanol–water partition coefficient (Wildman–Crippen LogP) is 0.952. The van der Waals surface area contributed by atoms with Crippen LogP contribution in [-0.4, -0.2) is 76.3 Å². The maximum Gasteiger partial charge on any atom is 0.252 e. The minimum absolute atomic E-state index is 0.0428. The van der Waals surface area contributed by atoms with Gasteiger partial charge in [0.15, 0.2) is 5.65 Å². The smallest absolute Gasteiger partial charge is 0.252 e. The normalized spacial score (nSPS) is 16.5. The number of amides is 1.